The summed E-state index contributed by atoms with van der Waals surface area (Å²) in [6.45, 7) is 0.336. The average molecular weight is 332 g/mol. The highest BCUT2D eigenvalue weighted by Crippen LogP contribution is 2.27. The molecule has 3 nitrogen and oxygen atoms in total. The molecule has 0 radical (unpaired) electrons. The number of anilines is 1. The SMILES string of the molecule is FC(F)(F)c1ccnc(NCc2ccccc2Br)n1. The molecule has 0 aliphatic heterocycles. The number of hydrogen-bond acceptors (Lipinski definition) is 3. The molecule has 0 atom stereocenters. The van der Waals surface area contributed by atoms with Crippen molar-refractivity contribution in [2.75, 3.05) is 5.32 Å². The van der Waals surface area contributed by atoms with Gasteiger partial charge in [-0.15, -0.1) is 0 Å². The summed E-state index contributed by atoms with van der Waals surface area (Å²) in [4.78, 5) is 7.19. The van der Waals surface area contributed by atoms with Gasteiger partial charge in [-0.05, 0) is 17.7 Å². The molecule has 2 aromatic rings. The van der Waals surface area contributed by atoms with Gasteiger partial charge in [0.1, 0.15) is 5.69 Å². The van der Waals surface area contributed by atoms with Gasteiger partial charge in [-0.1, -0.05) is 34.1 Å². The van der Waals surface area contributed by atoms with E-state index in [0.717, 1.165) is 22.3 Å². The minimum Gasteiger partial charge on any atom is -0.350 e. The number of nitrogens with zero attached hydrogens (tertiary/aromatic N) is 2. The molecule has 1 N–H and O–H groups in total. The first-order valence-electron chi connectivity index (χ1n) is 5.34. The monoisotopic (exact) mass is 331 g/mol. The van der Waals surface area contributed by atoms with Crippen LogP contribution in [0.25, 0.3) is 0 Å². The minimum atomic E-state index is -4.47. The molecule has 0 spiro atoms. The molecule has 0 bridgehead atoms. The molecule has 100 valence electrons. The molecule has 7 heteroatoms. The second-order valence-electron chi connectivity index (χ2n) is 3.71. The Balaban J connectivity index is 2.10. The van der Waals surface area contributed by atoms with Gasteiger partial charge in [0.15, 0.2) is 0 Å². The summed E-state index contributed by atoms with van der Waals surface area (Å²) >= 11 is 3.36. The number of aromatic nitrogens is 2. The topological polar surface area (TPSA) is 37.8 Å². The Hall–Kier alpha value is -1.63. The third-order valence-corrected chi connectivity index (χ3v) is 3.11. The summed E-state index contributed by atoms with van der Waals surface area (Å²) in [5.74, 6) is -0.0504. The number of nitrogens with one attached hydrogen (secondary N) is 1. The molecule has 0 aliphatic carbocycles. The van der Waals surface area contributed by atoms with Gasteiger partial charge in [0, 0.05) is 17.2 Å². The Morgan fingerprint density at radius 1 is 1.16 bits per heavy atom. The maximum atomic E-state index is 12.5. The van der Waals surface area contributed by atoms with E-state index < -0.39 is 11.9 Å². The van der Waals surface area contributed by atoms with Gasteiger partial charge in [-0.2, -0.15) is 13.2 Å². The van der Waals surface area contributed by atoms with Crippen LogP contribution in [0.15, 0.2) is 41.0 Å². The fraction of sp³-hybridized carbons (Fsp3) is 0.167. The number of rotatable bonds is 3. The van der Waals surface area contributed by atoms with E-state index in [1.807, 2.05) is 24.3 Å². The fourth-order valence-corrected chi connectivity index (χ4v) is 1.84. The van der Waals surface area contributed by atoms with Crippen LogP contribution in [-0.2, 0) is 12.7 Å². The van der Waals surface area contributed by atoms with E-state index in [9.17, 15) is 13.2 Å². The summed E-state index contributed by atoms with van der Waals surface area (Å²) in [7, 11) is 0. The second-order valence-corrected chi connectivity index (χ2v) is 4.56. The zero-order valence-electron chi connectivity index (χ0n) is 9.58. The lowest BCUT2D eigenvalue weighted by molar-refractivity contribution is -0.141. The lowest BCUT2D eigenvalue weighted by Gasteiger charge is -2.09. The molecule has 1 heterocycles. The Morgan fingerprint density at radius 2 is 1.89 bits per heavy atom. The van der Waals surface area contributed by atoms with Crippen LogP contribution in [0.1, 0.15) is 11.3 Å². The van der Waals surface area contributed by atoms with E-state index in [2.05, 4.69) is 31.2 Å². The van der Waals surface area contributed by atoms with Gasteiger partial charge in [0.25, 0.3) is 0 Å². The molecule has 19 heavy (non-hydrogen) atoms. The van der Waals surface area contributed by atoms with Gasteiger partial charge < -0.3 is 5.32 Å². The number of benzene rings is 1. The van der Waals surface area contributed by atoms with E-state index in [0.29, 0.717) is 6.54 Å². The fourth-order valence-electron chi connectivity index (χ4n) is 1.42. The summed E-state index contributed by atoms with van der Waals surface area (Å²) in [6.07, 6.45) is -3.38. The minimum absolute atomic E-state index is 0.0504. The van der Waals surface area contributed by atoms with Crippen LogP contribution in [0.5, 0.6) is 0 Å². The number of halogens is 4. The Bertz CT molecular complexity index is 572. The molecule has 0 saturated carbocycles. The standard InChI is InChI=1S/C12H9BrF3N3/c13-9-4-2-1-3-8(9)7-18-11-17-6-5-10(19-11)12(14,15)16/h1-6H,7H2,(H,17,18,19). The van der Waals surface area contributed by atoms with Gasteiger partial charge in [-0.3, -0.25) is 0 Å². The van der Waals surface area contributed by atoms with Crippen LogP contribution < -0.4 is 5.32 Å². The highest BCUT2D eigenvalue weighted by Gasteiger charge is 2.32. The van der Waals surface area contributed by atoms with Crippen LogP contribution in [-0.4, -0.2) is 9.97 Å². The van der Waals surface area contributed by atoms with Crippen LogP contribution in [0.3, 0.4) is 0 Å². The molecular formula is C12H9BrF3N3. The lowest BCUT2D eigenvalue weighted by Crippen LogP contribution is -2.11. The predicted octanol–water partition coefficient (Wildman–Crippen LogP) is 3.87. The molecule has 0 fully saturated rings. The lowest BCUT2D eigenvalue weighted by atomic mass is 10.2. The third kappa shape index (κ3) is 3.66. The molecule has 0 saturated heterocycles. The number of alkyl halides is 3. The van der Waals surface area contributed by atoms with Crippen molar-refractivity contribution >= 4 is 21.9 Å². The molecule has 0 unspecified atom stereocenters. The maximum absolute atomic E-state index is 12.5. The number of hydrogen-bond donors (Lipinski definition) is 1. The predicted molar refractivity (Wildman–Crippen MR) is 68.5 cm³/mol. The zero-order chi connectivity index (χ0) is 13.9. The van der Waals surface area contributed by atoms with Crippen molar-refractivity contribution in [3.05, 3.63) is 52.3 Å². The average Bonchev–Trinajstić information content (AvgIpc) is 2.37. The first-order valence-corrected chi connectivity index (χ1v) is 6.13. The molecule has 2 rings (SSSR count). The van der Waals surface area contributed by atoms with Gasteiger partial charge in [0.2, 0.25) is 5.95 Å². The smallest absolute Gasteiger partial charge is 0.350 e. The normalized spacial score (nSPS) is 11.4. The Labute approximate surface area is 116 Å². The summed E-state index contributed by atoms with van der Waals surface area (Å²) in [6, 6.07) is 8.24. The van der Waals surface area contributed by atoms with Crippen molar-refractivity contribution in [3.8, 4) is 0 Å². The van der Waals surface area contributed by atoms with E-state index >= 15 is 0 Å². The summed E-state index contributed by atoms with van der Waals surface area (Å²) in [5, 5.41) is 2.76. The molecule has 0 amide bonds. The first-order chi connectivity index (χ1) is 8.97. The highest BCUT2D eigenvalue weighted by molar-refractivity contribution is 9.10. The van der Waals surface area contributed by atoms with Crippen LogP contribution in [0, 0.1) is 0 Å². The largest absolute Gasteiger partial charge is 0.433 e. The van der Waals surface area contributed by atoms with Crippen LogP contribution in [0.4, 0.5) is 19.1 Å². The van der Waals surface area contributed by atoms with Crippen molar-refractivity contribution in [3.63, 3.8) is 0 Å². The summed E-state index contributed by atoms with van der Waals surface area (Å²) in [5.41, 5.74) is -0.0550. The van der Waals surface area contributed by atoms with Crippen molar-refractivity contribution in [1.82, 2.24) is 9.97 Å². The van der Waals surface area contributed by atoms with Crippen molar-refractivity contribution < 1.29 is 13.2 Å². The highest BCUT2D eigenvalue weighted by atomic mass is 79.9. The van der Waals surface area contributed by atoms with E-state index in [1.54, 1.807) is 0 Å². The maximum Gasteiger partial charge on any atom is 0.433 e. The van der Waals surface area contributed by atoms with Gasteiger partial charge in [0.05, 0.1) is 0 Å². The van der Waals surface area contributed by atoms with E-state index in [4.69, 9.17) is 0 Å². The van der Waals surface area contributed by atoms with Gasteiger partial charge in [-0.25, -0.2) is 9.97 Å². The third-order valence-electron chi connectivity index (χ3n) is 2.34. The quantitative estimate of drug-likeness (QED) is 0.927. The van der Waals surface area contributed by atoms with E-state index in [1.165, 1.54) is 0 Å². The Kier molecular flexibility index (Phi) is 4.04. The zero-order valence-corrected chi connectivity index (χ0v) is 11.2. The summed E-state index contributed by atoms with van der Waals surface area (Å²) < 4.78 is 38.3. The Morgan fingerprint density at radius 3 is 2.58 bits per heavy atom. The molecular weight excluding hydrogens is 323 g/mol. The van der Waals surface area contributed by atoms with Gasteiger partial charge >= 0.3 is 6.18 Å². The molecule has 1 aromatic carbocycles. The molecule has 0 aliphatic rings. The van der Waals surface area contributed by atoms with Crippen molar-refractivity contribution in [1.29, 1.82) is 0 Å². The first kappa shape index (κ1) is 13.8. The van der Waals surface area contributed by atoms with Crippen molar-refractivity contribution in [2.24, 2.45) is 0 Å². The second kappa shape index (κ2) is 5.56. The molecule has 1 aromatic heterocycles. The van der Waals surface area contributed by atoms with Crippen LogP contribution >= 0.6 is 15.9 Å². The van der Waals surface area contributed by atoms with Crippen LogP contribution in [0.2, 0.25) is 0 Å². The van der Waals surface area contributed by atoms with Crippen molar-refractivity contribution in [2.45, 2.75) is 12.7 Å². The van der Waals surface area contributed by atoms with E-state index in [-0.39, 0.29) is 5.95 Å².